The highest BCUT2D eigenvalue weighted by atomic mass is 35.5. The number of nitrogens with zero attached hydrogens (tertiary/aromatic N) is 1. The molecule has 0 fully saturated rings. The van der Waals surface area contributed by atoms with Crippen LogP contribution in [0.1, 0.15) is 22.8 Å². The van der Waals surface area contributed by atoms with Crippen LogP contribution in [0.4, 0.5) is 5.69 Å². The monoisotopic (exact) mass is 275 g/mol. The maximum absolute atomic E-state index is 10.4. The number of rotatable bonds is 3. The van der Waals surface area contributed by atoms with E-state index < -0.39 is 6.10 Å². The molecule has 1 N–H and O–H groups in total. The Kier molecular flexibility index (Phi) is 4.13. The van der Waals surface area contributed by atoms with E-state index in [0.717, 1.165) is 22.4 Å². The third kappa shape index (κ3) is 3.09. The molecule has 2 aromatic rings. The molecule has 0 heterocycles. The maximum Gasteiger partial charge on any atom is 0.104 e. The SMILES string of the molecule is Cc1ccc(C(O)c2cccc(N(C)C)c2)cc1Cl. The molecule has 100 valence electrons. The van der Waals surface area contributed by atoms with E-state index in [0.29, 0.717) is 5.02 Å². The predicted octanol–water partition coefficient (Wildman–Crippen LogP) is 3.80. The summed E-state index contributed by atoms with van der Waals surface area (Å²) < 4.78 is 0. The van der Waals surface area contributed by atoms with Crippen LogP contribution < -0.4 is 4.90 Å². The van der Waals surface area contributed by atoms with Crippen molar-refractivity contribution in [3.05, 3.63) is 64.2 Å². The summed E-state index contributed by atoms with van der Waals surface area (Å²) in [5.41, 5.74) is 3.76. The van der Waals surface area contributed by atoms with Crippen molar-refractivity contribution >= 4 is 17.3 Å². The van der Waals surface area contributed by atoms with Crippen molar-refractivity contribution in [3.8, 4) is 0 Å². The van der Waals surface area contributed by atoms with Gasteiger partial charge < -0.3 is 10.0 Å². The lowest BCUT2D eigenvalue weighted by molar-refractivity contribution is 0.220. The minimum atomic E-state index is -0.655. The number of aryl methyl sites for hydroxylation is 1. The van der Waals surface area contributed by atoms with Gasteiger partial charge in [0.2, 0.25) is 0 Å². The lowest BCUT2D eigenvalue weighted by Crippen LogP contribution is -2.09. The molecule has 0 saturated carbocycles. The third-order valence-electron chi connectivity index (χ3n) is 3.21. The summed E-state index contributed by atoms with van der Waals surface area (Å²) in [5, 5.41) is 11.1. The summed E-state index contributed by atoms with van der Waals surface area (Å²) >= 11 is 6.11. The van der Waals surface area contributed by atoms with Crippen molar-refractivity contribution in [2.45, 2.75) is 13.0 Å². The first-order valence-corrected chi connectivity index (χ1v) is 6.58. The number of aliphatic hydroxyl groups is 1. The van der Waals surface area contributed by atoms with Gasteiger partial charge in [-0.3, -0.25) is 0 Å². The van der Waals surface area contributed by atoms with Gasteiger partial charge in [-0.1, -0.05) is 35.9 Å². The van der Waals surface area contributed by atoms with Crippen molar-refractivity contribution in [1.82, 2.24) is 0 Å². The molecule has 0 saturated heterocycles. The largest absolute Gasteiger partial charge is 0.384 e. The van der Waals surface area contributed by atoms with E-state index in [1.165, 1.54) is 0 Å². The van der Waals surface area contributed by atoms with E-state index in [4.69, 9.17) is 11.6 Å². The highest BCUT2D eigenvalue weighted by molar-refractivity contribution is 6.31. The van der Waals surface area contributed by atoms with Gasteiger partial charge in [0.25, 0.3) is 0 Å². The first-order valence-electron chi connectivity index (χ1n) is 6.20. The summed E-state index contributed by atoms with van der Waals surface area (Å²) in [5.74, 6) is 0. The first-order chi connectivity index (χ1) is 8.99. The molecular formula is C16H18ClNO. The van der Waals surface area contributed by atoms with Gasteiger partial charge in [0.15, 0.2) is 0 Å². The van der Waals surface area contributed by atoms with E-state index in [1.54, 1.807) is 0 Å². The number of hydrogen-bond acceptors (Lipinski definition) is 2. The smallest absolute Gasteiger partial charge is 0.104 e. The van der Waals surface area contributed by atoms with E-state index in [9.17, 15) is 5.11 Å². The van der Waals surface area contributed by atoms with Gasteiger partial charge in [-0.15, -0.1) is 0 Å². The molecule has 19 heavy (non-hydrogen) atoms. The highest BCUT2D eigenvalue weighted by Gasteiger charge is 2.12. The number of halogens is 1. The minimum Gasteiger partial charge on any atom is -0.384 e. The van der Waals surface area contributed by atoms with E-state index in [1.807, 2.05) is 68.4 Å². The number of anilines is 1. The molecule has 0 amide bonds. The van der Waals surface area contributed by atoms with Crippen molar-refractivity contribution in [3.63, 3.8) is 0 Å². The summed E-state index contributed by atoms with van der Waals surface area (Å²) in [7, 11) is 3.96. The van der Waals surface area contributed by atoms with Crippen molar-refractivity contribution < 1.29 is 5.11 Å². The molecule has 0 radical (unpaired) electrons. The minimum absolute atomic E-state index is 0.655. The lowest BCUT2D eigenvalue weighted by Gasteiger charge is -2.17. The zero-order valence-corrected chi connectivity index (χ0v) is 12.1. The Labute approximate surface area is 119 Å². The Morgan fingerprint density at radius 1 is 1.05 bits per heavy atom. The fraction of sp³-hybridized carbons (Fsp3) is 0.250. The third-order valence-corrected chi connectivity index (χ3v) is 3.62. The van der Waals surface area contributed by atoms with Crippen molar-refractivity contribution in [2.24, 2.45) is 0 Å². The average Bonchev–Trinajstić information content (AvgIpc) is 2.41. The molecule has 0 aliphatic carbocycles. The van der Waals surface area contributed by atoms with Crippen molar-refractivity contribution in [2.75, 3.05) is 19.0 Å². The number of hydrogen-bond donors (Lipinski definition) is 1. The quantitative estimate of drug-likeness (QED) is 0.921. The molecule has 0 aromatic heterocycles. The number of benzene rings is 2. The second kappa shape index (κ2) is 5.64. The zero-order valence-electron chi connectivity index (χ0n) is 11.4. The van der Waals surface area contributed by atoms with Crippen LogP contribution >= 0.6 is 11.6 Å². The molecular weight excluding hydrogens is 258 g/mol. The fourth-order valence-electron chi connectivity index (χ4n) is 1.94. The summed E-state index contributed by atoms with van der Waals surface area (Å²) in [4.78, 5) is 2.01. The van der Waals surface area contributed by atoms with Gasteiger partial charge in [0.1, 0.15) is 6.10 Å². The predicted molar refractivity (Wildman–Crippen MR) is 81.0 cm³/mol. The molecule has 0 aliphatic heterocycles. The summed E-state index contributed by atoms with van der Waals surface area (Å²) in [6.07, 6.45) is -0.655. The van der Waals surface area contributed by atoms with Gasteiger partial charge in [-0.05, 0) is 41.8 Å². The molecule has 0 spiro atoms. The van der Waals surface area contributed by atoms with Crippen LogP contribution in [0.3, 0.4) is 0 Å². The van der Waals surface area contributed by atoms with Crippen LogP contribution in [0.5, 0.6) is 0 Å². The average molecular weight is 276 g/mol. The number of aliphatic hydroxyl groups excluding tert-OH is 1. The molecule has 0 aliphatic rings. The Morgan fingerprint density at radius 2 is 1.74 bits per heavy atom. The van der Waals surface area contributed by atoms with Crippen LogP contribution in [-0.4, -0.2) is 19.2 Å². The molecule has 1 atom stereocenters. The lowest BCUT2D eigenvalue weighted by atomic mass is 10.00. The molecule has 2 aromatic carbocycles. The molecule has 2 rings (SSSR count). The Balaban J connectivity index is 2.35. The molecule has 3 heteroatoms. The highest BCUT2D eigenvalue weighted by Crippen LogP contribution is 2.27. The van der Waals surface area contributed by atoms with E-state index >= 15 is 0 Å². The molecule has 0 bridgehead atoms. The standard InChI is InChI=1S/C16H18ClNO/c1-11-7-8-13(10-15(11)17)16(19)12-5-4-6-14(9-12)18(2)3/h4-10,16,19H,1-3H3. The van der Waals surface area contributed by atoms with Crippen LogP contribution in [0.25, 0.3) is 0 Å². The van der Waals surface area contributed by atoms with Crippen molar-refractivity contribution in [1.29, 1.82) is 0 Å². The van der Waals surface area contributed by atoms with Gasteiger partial charge in [-0.25, -0.2) is 0 Å². The second-order valence-electron chi connectivity index (χ2n) is 4.90. The van der Waals surface area contributed by atoms with Crippen LogP contribution in [0.15, 0.2) is 42.5 Å². The van der Waals surface area contributed by atoms with Crippen LogP contribution in [-0.2, 0) is 0 Å². The normalized spacial score (nSPS) is 12.3. The molecule has 2 nitrogen and oxygen atoms in total. The topological polar surface area (TPSA) is 23.5 Å². The van der Waals surface area contributed by atoms with Gasteiger partial charge in [-0.2, -0.15) is 0 Å². The van der Waals surface area contributed by atoms with Gasteiger partial charge in [0.05, 0.1) is 0 Å². The van der Waals surface area contributed by atoms with Gasteiger partial charge >= 0.3 is 0 Å². The summed E-state index contributed by atoms with van der Waals surface area (Å²) in [6.45, 7) is 1.95. The molecule has 1 unspecified atom stereocenters. The maximum atomic E-state index is 10.4. The Bertz CT molecular complexity index is 581. The fourth-order valence-corrected chi connectivity index (χ4v) is 2.13. The second-order valence-corrected chi connectivity index (χ2v) is 5.31. The zero-order chi connectivity index (χ0) is 14.0. The van der Waals surface area contributed by atoms with E-state index in [2.05, 4.69) is 0 Å². The van der Waals surface area contributed by atoms with Crippen LogP contribution in [0.2, 0.25) is 5.02 Å². The van der Waals surface area contributed by atoms with Crippen LogP contribution in [0, 0.1) is 6.92 Å². The first kappa shape index (κ1) is 13.9. The van der Waals surface area contributed by atoms with Gasteiger partial charge in [0, 0.05) is 24.8 Å². The summed E-state index contributed by atoms with van der Waals surface area (Å²) in [6, 6.07) is 13.5. The Morgan fingerprint density at radius 3 is 2.37 bits per heavy atom. The Hall–Kier alpha value is -1.51. The van der Waals surface area contributed by atoms with E-state index in [-0.39, 0.29) is 0 Å².